The van der Waals surface area contributed by atoms with Crippen molar-refractivity contribution in [2.24, 2.45) is 0 Å². The summed E-state index contributed by atoms with van der Waals surface area (Å²) in [6.07, 6.45) is 0. The molecule has 0 radical (unpaired) electrons. The topological polar surface area (TPSA) is 55.8 Å². The Morgan fingerprint density at radius 3 is 2.39 bits per heavy atom. The number of ether oxygens (including phenoxy) is 1. The van der Waals surface area contributed by atoms with Gasteiger partial charge in [-0.15, -0.1) is 0 Å². The summed E-state index contributed by atoms with van der Waals surface area (Å²) < 4.78 is 42.2. The molecule has 18 heavy (non-hydrogen) atoms. The third-order valence-electron chi connectivity index (χ3n) is 2.63. The van der Waals surface area contributed by atoms with E-state index in [9.17, 15) is 12.3 Å². The summed E-state index contributed by atoms with van der Waals surface area (Å²) in [6, 6.07) is 6.31. The highest BCUT2D eigenvalue weighted by Gasteiger charge is 2.12. The standard InChI is InChI=1S/C11H14FNO4S/c12-18(14,15)17-11-3-1-10(2-4-11)9-13-5-7-16-8-6-13/h1-4H,5-9H2. The van der Waals surface area contributed by atoms with Gasteiger partial charge in [-0.2, -0.15) is 8.42 Å². The van der Waals surface area contributed by atoms with E-state index in [0.29, 0.717) is 0 Å². The van der Waals surface area contributed by atoms with Crippen LogP contribution in [-0.4, -0.2) is 39.6 Å². The van der Waals surface area contributed by atoms with E-state index in [-0.39, 0.29) is 5.75 Å². The molecular weight excluding hydrogens is 261 g/mol. The first-order valence-electron chi connectivity index (χ1n) is 5.56. The fraction of sp³-hybridized carbons (Fsp3) is 0.455. The molecule has 1 aliphatic rings. The molecule has 0 spiro atoms. The molecule has 0 atom stereocenters. The number of hydrogen-bond donors (Lipinski definition) is 0. The van der Waals surface area contributed by atoms with Crippen LogP contribution in [0.4, 0.5) is 3.89 Å². The molecule has 7 heteroatoms. The van der Waals surface area contributed by atoms with Crippen molar-refractivity contribution >= 4 is 10.5 Å². The molecule has 0 aliphatic carbocycles. The molecule has 0 unspecified atom stereocenters. The van der Waals surface area contributed by atoms with Gasteiger partial charge in [0.2, 0.25) is 0 Å². The zero-order valence-electron chi connectivity index (χ0n) is 9.71. The maximum absolute atomic E-state index is 12.3. The lowest BCUT2D eigenvalue weighted by molar-refractivity contribution is 0.0342. The zero-order valence-corrected chi connectivity index (χ0v) is 10.5. The molecule has 1 aromatic carbocycles. The molecule has 1 saturated heterocycles. The van der Waals surface area contributed by atoms with E-state index in [1.807, 2.05) is 0 Å². The first-order chi connectivity index (χ1) is 8.53. The Labute approximate surface area is 106 Å². The van der Waals surface area contributed by atoms with Crippen LogP contribution < -0.4 is 4.18 Å². The average molecular weight is 275 g/mol. The summed E-state index contributed by atoms with van der Waals surface area (Å²) in [5.41, 5.74) is 1.01. The Hall–Kier alpha value is -1.18. The van der Waals surface area contributed by atoms with Crippen LogP contribution in [0.25, 0.3) is 0 Å². The van der Waals surface area contributed by atoms with E-state index in [4.69, 9.17) is 4.74 Å². The summed E-state index contributed by atoms with van der Waals surface area (Å²) in [5, 5.41) is 0. The van der Waals surface area contributed by atoms with Gasteiger partial charge >= 0.3 is 10.5 Å². The summed E-state index contributed by atoms with van der Waals surface area (Å²) in [6.45, 7) is 3.95. The molecular formula is C11H14FNO4S. The fourth-order valence-corrected chi connectivity index (χ4v) is 2.12. The third-order valence-corrected chi connectivity index (χ3v) is 3.02. The first kappa shape index (κ1) is 13.3. The second-order valence-corrected chi connectivity index (χ2v) is 4.96. The van der Waals surface area contributed by atoms with Gasteiger partial charge in [0.1, 0.15) is 5.75 Å². The van der Waals surface area contributed by atoms with Crippen molar-refractivity contribution in [3.63, 3.8) is 0 Å². The van der Waals surface area contributed by atoms with Gasteiger partial charge in [0.05, 0.1) is 13.2 Å². The molecule has 1 aromatic rings. The minimum atomic E-state index is -4.94. The van der Waals surface area contributed by atoms with E-state index in [2.05, 4.69) is 9.08 Å². The van der Waals surface area contributed by atoms with Crippen molar-refractivity contribution in [3.8, 4) is 5.75 Å². The number of morpholine rings is 1. The molecule has 0 saturated carbocycles. The molecule has 5 nitrogen and oxygen atoms in total. The maximum Gasteiger partial charge on any atom is 0.488 e. The molecule has 0 aromatic heterocycles. The van der Waals surface area contributed by atoms with E-state index in [1.54, 1.807) is 12.1 Å². The fourth-order valence-electron chi connectivity index (χ4n) is 1.78. The third kappa shape index (κ3) is 4.25. The normalized spacial score (nSPS) is 17.6. The lowest BCUT2D eigenvalue weighted by Crippen LogP contribution is -2.35. The van der Waals surface area contributed by atoms with Crippen LogP contribution >= 0.6 is 0 Å². The molecule has 100 valence electrons. The van der Waals surface area contributed by atoms with Crippen LogP contribution in [0.1, 0.15) is 5.56 Å². The van der Waals surface area contributed by atoms with Crippen LogP contribution in [0.5, 0.6) is 5.75 Å². The van der Waals surface area contributed by atoms with Crippen LogP contribution in [0.2, 0.25) is 0 Å². The molecule has 0 amide bonds. The van der Waals surface area contributed by atoms with Crippen LogP contribution in [0.15, 0.2) is 24.3 Å². The quantitative estimate of drug-likeness (QED) is 0.771. The van der Waals surface area contributed by atoms with Gasteiger partial charge in [-0.25, -0.2) is 0 Å². The monoisotopic (exact) mass is 275 g/mol. The Balaban J connectivity index is 1.94. The van der Waals surface area contributed by atoms with Crippen molar-refractivity contribution in [3.05, 3.63) is 29.8 Å². The first-order valence-corrected chi connectivity index (χ1v) is 6.87. The second kappa shape index (κ2) is 5.64. The summed E-state index contributed by atoms with van der Waals surface area (Å²) in [7, 11) is -4.94. The zero-order chi connectivity index (χ0) is 13.0. The van der Waals surface area contributed by atoms with Gasteiger partial charge in [-0.05, 0) is 17.7 Å². The molecule has 1 heterocycles. The van der Waals surface area contributed by atoms with Crippen LogP contribution in [0.3, 0.4) is 0 Å². The lowest BCUT2D eigenvalue weighted by Gasteiger charge is -2.26. The molecule has 0 bridgehead atoms. The van der Waals surface area contributed by atoms with Gasteiger partial charge in [0.25, 0.3) is 0 Å². The SMILES string of the molecule is O=S(=O)(F)Oc1ccc(CN2CCOCC2)cc1. The second-order valence-electron chi connectivity index (χ2n) is 4.01. The van der Waals surface area contributed by atoms with Crippen molar-refractivity contribution < 1.29 is 21.2 Å². The average Bonchev–Trinajstić information content (AvgIpc) is 2.31. The predicted octanol–water partition coefficient (Wildman–Crippen LogP) is 1.11. The Morgan fingerprint density at radius 2 is 1.83 bits per heavy atom. The van der Waals surface area contributed by atoms with Gasteiger partial charge < -0.3 is 8.92 Å². The Bertz CT molecular complexity index is 482. The van der Waals surface area contributed by atoms with Gasteiger partial charge in [-0.1, -0.05) is 16.0 Å². The largest absolute Gasteiger partial charge is 0.488 e. The lowest BCUT2D eigenvalue weighted by atomic mass is 10.2. The van der Waals surface area contributed by atoms with Crippen molar-refractivity contribution in [1.29, 1.82) is 0 Å². The van der Waals surface area contributed by atoms with Crippen LogP contribution in [-0.2, 0) is 21.8 Å². The van der Waals surface area contributed by atoms with Crippen molar-refractivity contribution in [1.82, 2.24) is 4.90 Å². The number of hydrogen-bond acceptors (Lipinski definition) is 5. The Morgan fingerprint density at radius 1 is 1.22 bits per heavy atom. The highest BCUT2D eigenvalue weighted by molar-refractivity contribution is 7.81. The molecule has 2 rings (SSSR count). The van der Waals surface area contributed by atoms with E-state index >= 15 is 0 Å². The van der Waals surface area contributed by atoms with Crippen molar-refractivity contribution in [2.45, 2.75) is 6.54 Å². The van der Waals surface area contributed by atoms with E-state index in [1.165, 1.54) is 12.1 Å². The van der Waals surface area contributed by atoms with Gasteiger partial charge in [0, 0.05) is 19.6 Å². The predicted molar refractivity (Wildman–Crippen MR) is 63.2 cm³/mol. The molecule has 1 aliphatic heterocycles. The number of halogens is 1. The maximum atomic E-state index is 12.3. The number of nitrogens with zero attached hydrogens (tertiary/aromatic N) is 1. The summed E-state index contributed by atoms with van der Waals surface area (Å²) >= 11 is 0. The minimum absolute atomic E-state index is 0.0248. The highest BCUT2D eigenvalue weighted by atomic mass is 32.3. The van der Waals surface area contributed by atoms with E-state index < -0.39 is 10.5 Å². The summed E-state index contributed by atoms with van der Waals surface area (Å²) in [5.74, 6) is -0.0248. The Kier molecular flexibility index (Phi) is 4.15. The van der Waals surface area contributed by atoms with Gasteiger partial charge in [-0.3, -0.25) is 4.90 Å². The number of rotatable bonds is 4. The smallest absolute Gasteiger partial charge is 0.379 e. The highest BCUT2D eigenvalue weighted by Crippen LogP contribution is 2.16. The van der Waals surface area contributed by atoms with Gasteiger partial charge in [0.15, 0.2) is 0 Å². The molecule has 0 N–H and O–H groups in total. The summed E-state index contributed by atoms with van der Waals surface area (Å²) in [4.78, 5) is 2.23. The molecule has 1 fully saturated rings. The minimum Gasteiger partial charge on any atom is -0.379 e. The van der Waals surface area contributed by atoms with E-state index in [0.717, 1.165) is 38.4 Å². The number of benzene rings is 1. The van der Waals surface area contributed by atoms with Crippen molar-refractivity contribution in [2.75, 3.05) is 26.3 Å². The van der Waals surface area contributed by atoms with Crippen LogP contribution in [0, 0.1) is 0 Å².